The van der Waals surface area contributed by atoms with Crippen LogP contribution in [0, 0.1) is 0 Å². The molecule has 0 saturated carbocycles. The average Bonchev–Trinajstić information content (AvgIpc) is 2.49. The Morgan fingerprint density at radius 3 is 3.00 bits per heavy atom. The van der Waals surface area contributed by atoms with Crippen molar-refractivity contribution in [3.63, 3.8) is 0 Å². The fourth-order valence-corrected chi connectivity index (χ4v) is 2.62. The van der Waals surface area contributed by atoms with E-state index in [1.165, 1.54) is 0 Å². The third-order valence-corrected chi connectivity index (χ3v) is 3.84. The van der Waals surface area contributed by atoms with Gasteiger partial charge in [-0.2, -0.15) is 0 Å². The molecule has 82 valence electrons. The Morgan fingerprint density at radius 2 is 2.43 bits per heavy atom. The summed E-state index contributed by atoms with van der Waals surface area (Å²) in [5.74, 6) is 0. The molecule has 2 nitrogen and oxygen atoms in total. The smallest absolute Gasteiger partial charge is 0.0765 e. The summed E-state index contributed by atoms with van der Waals surface area (Å²) < 4.78 is 5.74. The van der Waals surface area contributed by atoms with Gasteiger partial charge in [-0.15, -0.1) is 18.2 Å². The lowest BCUT2D eigenvalue weighted by Gasteiger charge is -2.17. The number of allylic oxidation sites excluding steroid dienone is 1. The van der Waals surface area contributed by atoms with Crippen molar-refractivity contribution in [1.29, 1.82) is 0 Å². The molecule has 0 radical (unpaired) electrons. The lowest BCUT2D eigenvalue weighted by atomic mass is 10.1. The number of aliphatic hydroxyl groups is 1. The van der Waals surface area contributed by atoms with Crippen LogP contribution in [0.4, 0.5) is 0 Å². The van der Waals surface area contributed by atoms with E-state index in [1.807, 2.05) is 6.08 Å². The zero-order valence-electron chi connectivity index (χ0n) is 8.03. The molecule has 1 aliphatic heterocycles. The Bertz CT molecular complexity index is 189. The van der Waals surface area contributed by atoms with Crippen LogP contribution in [0.2, 0.25) is 0 Å². The maximum atomic E-state index is 8.81. The van der Waals surface area contributed by atoms with Crippen molar-refractivity contribution in [2.24, 2.45) is 0 Å². The van der Waals surface area contributed by atoms with Crippen LogP contribution >= 0.6 is 27.5 Å². The van der Waals surface area contributed by atoms with Gasteiger partial charge in [0.25, 0.3) is 0 Å². The van der Waals surface area contributed by atoms with Crippen molar-refractivity contribution in [1.82, 2.24) is 0 Å². The predicted molar refractivity (Wildman–Crippen MR) is 62.2 cm³/mol. The Balaban J connectivity index is 2.40. The molecule has 0 unspecified atom stereocenters. The third-order valence-electron chi connectivity index (χ3n) is 2.42. The van der Waals surface area contributed by atoms with Gasteiger partial charge in [-0.05, 0) is 19.3 Å². The summed E-state index contributed by atoms with van der Waals surface area (Å²) in [5, 5.41) is 8.83. The minimum Gasteiger partial charge on any atom is -0.396 e. The fourth-order valence-electron chi connectivity index (χ4n) is 1.66. The maximum Gasteiger partial charge on any atom is 0.0765 e. The number of rotatable bonds is 5. The number of hydrogen-bond donors (Lipinski definition) is 1. The maximum absolute atomic E-state index is 8.81. The van der Waals surface area contributed by atoms with Gasteiger partial charge < -0.3 is 9.84 Å². The molecular weight excluding hydrogens is 267 g/mol. The summed E-state index contributed by atoms with van der Waals surface area (Å²) in [6, 6.07) is 0. The second-order valence-electron chi connectivity index (χ2n) is 3.52. The van der Waals surface area contributed by atoms with Gasteiger partial charge in [0.15, 0.2) is 0 Å². The first kappa shape index (κ1) is 12.5. The topological polar surface area (TPSA) is 29.5 Å². The quantitative estimate of drug-likeness (QED) is 0.620. The number of ether oxygens (including phenoxy) is 1. The van der Waals surface area contributed by atoms with Crippen LogP contribution in [-0.4, -0.2) is 34.1 Å². The fraction of sp³-hybridized carbons (Fsp3) is 0.800. The summed E-state index contributed by atoms with van der Waals surface area (Å²) >= 11 is 9.67. The summed E-state index contributed by atoms with van der Waals surface area (Å²) in [5.41, 5.74) is 0. The second kappa shape index (κ2) is 6.11. The zero-order valence-corrected chi connectivity index (χ0v) is 10.4. The van der Waals surface area contributed by atoms with Crippen LogP contribution in [0.1, 0.15) is 19.3 Å². The van der Waals surface area contributed by atoms with Crippen LogP contribution in [0.3, 0.4) is 0 Å². The van der Waals surface area contributed by atoms with E-state index in [4.69, 9.17) is 21.4 Å². The first-order chi connectivity index (χ1) is 6.69. The highest BCUT2D eigenvalue weighted by Gasteiger charge is 2.36. The monoisotopic (exact) mass is 282 g/mol. The van der Waals surface area contributed by atoms with E-state index in [9.17, 15) is 0 Å². The molecule has 1 fully saturated rings. The average molecular weight is 284 g/mol. The summed E-state index contributed by atoms with van der Waals surface area (Å²) in [7, 11) is 0. The first-order valence-corrected chi connectivity index (χ1v) is 6.19. The molecule has 1 heterocycles. The van der Waals surface area contributed by atoms with E-state index in [2.05, 4.69) is 22.5 Å². The van der Waals surface area contributed by atoms with E-state index in [0.717, 1.165) is 12.8 Å². The summed E-state index contributed by atoms with van der Waals surface area (Å²) in [6.45, 7) is 3.82. The summed E-state index contributed by atoms with van der Waals surface area (Å²) in [6.07, 6.45) is 4.35. The molecule has 4 heteroatoms. The molecule has 0 aromatic rings. The van der Waals surface area contributed by atoms with Gasteiger partial charge in [0.05, 0.1) is 17.6 Å². The van der Waals surface area contributed by atoms with Crippen LogP contribution in [0.5, 0.6) is 0 Å². The van der Waals surface area contributed by atoms with E-state index >= 15 is 0 Å². The Hall–Kier alpha value is 0.430. The van der Waals surface area contributed by atoms with Gasteiger partial charge in [0, 0.05) is 11.4 Å². The third kappa shape index (κ3) is 3.23. The van der Waals surface area contributed by atoms with Crippen molar-refractivity contribution in [2.45, 2.75) is 41.7 Å². The number of alkyl halides is 2. The van der Waals surface area contributed by atoms with Crippen LogP contribution in [0.25, 0.3) is 0 Å². The Kier molecular flexibility index (Phi) is 5.45. The van der Waals surface area contributed by atoms with Gasteiger partial charge in [-0.3, -0.25) is 0 Å². The molecule has 14 heavy (non-hydrogen) atoms. The molecule has 4 atom stereocenters. The molecule has 0 aromatic carbocycles. The van der Waals surface area contributed by atoms with Crippen molar-refractivity contribution in [3.8, 4) is 0 Å². The molecule has 0 spiro atoms. The van der Waals surface area contributed by atoms with Gasteiger partial charge in [-0.25, -0.2) is 0 Å². The molecule has 1 N–H and O–H groups in total. The lowest BCUT2D eigenvalue weighted by Crippen LogP contribution is -2.21. The van der Waals surface area contributed by atoms with E-state index in [1.54, 1.807) is 0 Å². The molecular formula is C10H16BrClO2. The molecule has 0 aliphatic carbocycles. The SMILES string of the molecule is C=CC[C@H](Br)[C@@H]1C[C@@H](Cl)[C@@H](CCO)O1. The van der Waals surface area contributed by atoms with E-state index < -0.39 is 0 Å². The van der Waals surface area contributed by atoms with E-state index in [0.29, 0.717) is 6.42 Å². The molecule has 0 amide bonds. The molecule has 0 aromatic heterocycles. The first-order valence-electron chi connectivity index (χ1n) is 4.84. The van der Waals surface area contributed by atoms with E-state index in [-0.39, 0.29) is 29.0 Å². The van der Waals surface area contributed by atoms with Crippen LogP contribution in [-0.2, 0) is 4.74 Å². The molecule has 1 aliphatic rings. The molecule has 1 rings (SSSR count). The second-order valence-corrected chi connectivity index (χ2v) is 5.25. The van der Waals surface area contributed by atoms with Gasteiger partial charge in [0.2, 0.25) is 0 Å². The Labute approximate surface area is 98.4 Å². The predicted octanol–water partition coefficient (Wildman–Crippen LogP) is 2.47. The lowest BCUT2D eigenvalue weighted by molar-refractivity contribution is 0.0323. The van der Waals surface area contributed by atoms with Crippen molar-refractivity contribution < 1.29 is 9.84 Å². The number of aliphatic hydroxyl groups excluding tert-OH is 1. The standard InChI is InChI=1S/C10H16BrClO2/c1-2-3-7(11)10-6-8(12)9(14-10)4-5-13/h2,7-10,13H,1,3-6H2/t7-,8+,9+,10-/m0/s1. The van der Waals surface area contributed by atoms with Crippen molar-refractivity contribution in [2.75, 3.05) is 6.61 Å². The van der Waals surface area contributed by atoms with Crippen molar-refractivity contribution >= 4 is 27.5 Å². The normalized spacial score (nSPS) is 34.4. The molecule has 1 saturated heterocycles. The van der Waals surface area contributed by atoms with Crippen molar-refractivity contribution in [3.05, 3.63) is 12.7 Å². The van der Waals surface area contributed by atoms with Crippen LogP contribution in [0.15, 0.2) is 12.7 Å². The Morgan fingerprint density at radius 1 is 1.71 bits per heavy atom. The summed E-state index contributed by atoms with van der Waals surface area (Å²) in [4.78, 5) is 0.282. The van der Waals surface area contributed by atoms with Crippen LogP contribution < -0.4 is 0 Å². The number of halogens is 2. The van der Waals surface area contributed by atoms with Gasteiger partial charge >= 0.3 is 0 Å². The number of hydrogen-bond acceptors (Lipinski definition) is 2. The zero-order chi connectivity index (χ0) is 10.6. The molecule has 0 bridgehead atoms. The minimum atomic E-state index is -0.00321. The highest BCUT2D eigenvalue weighted by Crippen LogP contribution is 2.32. The largest absolute Gasteiger partial charge is 0.396 e. The minimum absolute atomic E-state index is 0.00321. The van der Waals surface area contributed by atoms with Gasteiger partial charge in [0.1, 0.15) is 0 Å². The van der Waals surface area contributed by atoms with Gasteiger partial charge in [-0.1, -0.05) is 22.0 Å². The highest BCUT2D eigenvalue weighted by atomic mass is 79.9. The highest BCUT2D eigenvalue weighted by molar-refractivity contribution is 9.09.